The van der Waals surface area contributed by atoms with Crippen LogP contribution in [-0.2, 0) is 34.1 Å². The third-order valence-corrected chi connectivity index (χ3v) is 9.59. The minimum absolute atomic E-state index is 0.0260. The van der Waals surface area contributed by atoms with Gasteiger partial charge in [0, 0.05) is 23.7 Å². The Hall–Kier alpha value is -5.48. The molecule has 2 N–H and O–H groups in total. The monoisotopic (exact) mass is 644 g/mol. The Balaban J connectivity index is 1.34. The minimum atomic E-state index is -1.81. The molecule has 0 bridgehead atoms. The Morgan fingerprint density at radius 3 is 2.35 bits per heavy atom. The summed E-state index contributed by atoms with van der Waals surface area (Å²) in [4.78, 5) is 43.6. The molecule has 1 aromatic heterocycles. The zero-order valence-electron chi connectivity index (χ0n) is 26.9. The molecule has 2 saturated heterocycles. The number of nitrogens with zero attached hydrogens (tertiary/aromatic N) is 3. The van der Waals surface area contributed by atoms with E-state index >= 15 is 0 Å². The van der Waals surface area contributed by atoms with Gasteiger partial charge in [0.05, 0.1) is 24.6 Å². The molecule has 7 rings (SSSR count). The van der Waals surface area contributed by atoms with Crippen LogP contribution in [0.3, 0.4) is 0 Å². The Labute approximate surface area is 277 Å². The van der Waals surface area contributed by atoms with Crippen LogP contribution in [0.2, 0.25) is 0 Å². The van der Waals surface area contributed by atoms with Gasteiger partial charge in [0.25, 0.3) is 0 Å². The second kappa shape index (κ2) is 12.3. The lowest BCUT2D eigenvalue weighted by atomic mass is 9.76. The molecule has 48 heavy (non-hydrogen) atoms. The molecule has 10 nitrogen and oxygen atoms in total. The molecule has 5 aromatic rings. The fourth-order valence-corrected chi connectivity index (χ4v) is 7.35. The molecule has 0 saturated carbocycles. The zero-order valence-corrected chi connectivity index (χ0v) is 26.9. The number of carbonyl (C=O) groups excluding carboxylic acids is 2. The maximum Gasteiger partial charge on any atom is 0.325 e. The van der Waals surface area contributed by atoms with Gasteiger partial charge in [0.2, 0.25) is 11.8 Å². The highest BCUT2D eigenvalue weighted by atomic mass is 16.5. The van der Waals surface area contributed by atoms with Crippen molar-refractivity contribution in [3.05, 3.63) is 125 Å². The Morgan fingerprint density at radius 1 is 0.896 bits per heavy atom. The van der Waals surface area contributed by atoms with Crippen molar-refractivity contribution in [3.8, 4) is 11.5 Å². The topological polar surface area (TPSA) is 123 Å². The number of hydrogen-bond acceptors (Lipinski definition) is 7. The number of fused-ring (bicyclic) bond motifs is 2. The number of amides is 2. The molecule has 2 fully saturated rings. The van der Waals surface area contributed by atoms with E-state index in [0.717, 1.165) is 38.2 Å². The number of likely N-dealkylation sites (tertiary alicyclic amines) is 1. The van der Waals surface area contributed by atoms with Crippen LogP contribution in [0.15, 0.2) is 97.1 Å². The highest BCUT2D eigenvalue weighted by Gasteiger charge is 2.68. The second-order valence-electron chi connectivity index (χ2n) is 12.6. The number of aliphatic carboxylic acids is 1. The van der Waals surface area contributed by atoms with Gasteiger partial charge in [0.15, 0.2) is 11.5 Å². The normalized spacial score (nSPS) is 21.9. The number of ether oxygens (including phenoxy) is 2. The number of hydrogen-bond donors (Lipinski definition) is 2. The van der Waals surface area contributed by atoms with Crippen molar-refractivity contribution in [1.82, 2.24) is 20.0 Å². The molecule has 2 aliphatic rings. The number of carboxylic acid groups (broad SMARTS) is 1. The van der Waals surface area contributed by atoms with E-state index in [-0.39, 0.29) is 19.7 Å². The van der Waals surface area contributed by atoms with Gasteiger partial charge in [-0.1, -0.05) is 84.9 Å². The molecule has 0 radical (unpaired) electrons. The van der Waals surface area contributed by atoms with Crippen LogP contribution in [0.25, 0.3) is 10.8 Å². The average Bonchev–Trinajstić information content (AvgIpc) is 3.69. The number of aryl methyl sites for hydroxylation is 2. The molecule has 2 aliphatic heterocycles. The molecule has 10 heteroatoms. The van der Waals surface area contributed by atoms with E-state index in [1.165, 1.54) is 7.11 Å². The van der Waals surface area contributed by atoms with E-state index in [2.05, 4.69) is 10.4 Å². The van der Waals surface area contributed by atoms with Crippen LogP contribution in [0, 0.1) is 25.7 Å². The second-order valence-corrected chi connectivity index (χ2v) is 12.6. The van der Waals surface area contributed by atoms with Gasteiger partial charge in [0.1, 0.15) is 18.8 Å². The summed E-state index contributed by atoms with van der Waals surface area (Å²) in [6.45, 7) is 3.79. The highest BCUT2D eigenvalue weighted by Crippen LogP contribution is 2.53. The van der Waals surface area contributed by atoms with Crippen LogP contribution in [-0.4, -0.2) is 50.2 Å². The van der Waals surface area contributed by atoms with Crippen molar-refractivity contribution in [1.29, 1.82) is 0 Å². The predicted octanol–water partition coefficient (Wildman–Crippen LogP) is 5.21. The van der Waals surface area contributed by atoms with Crippen molar-refractivity contribution >= 4 is 28.6 Å². The number of carboxylic acids is 1. The van der Waals surface area contributed by atoms with Crippen LogP contribution in [0.1, 0.15) is 34.1 Å². The van der Waals surface area contributed by atoms with Crippen molar-refractivity contribution in [2.75, 3.05) is 7.11 Å². The van der Waals surface area contributed by atoms with Gasteiger partial charge in [-0.15, -0.1) is 0 Å². The average molecular weight is 645 g/mol. The van der Waals surface area contributed by atoms with Crippen LogP contribution in [0.5, 0.6) is 11.5 Å². The third kappa shape index (κ3) is 5.28. The lowest BCUT2D eigenvalue weighted by molar-refractivity contribution is -0.152. The van der Waals surface area contributed by atoms with Gasteiger partial charge >= 0.3 is 5.97 Å². The molecule has 4 atom stereocenters. The van der Waals surface area contributed by atoms with E-state index < -0.39 is 41.2 Å². The number of para-hydroxylation sites is 1. The van der Waals surface area contributed by atoms with E-state index in [9.17, 15) is 19.5 Å². The summed E-state index contributed by atoms with van der Waals surface area (Å²) in [6, 6.07) is 29.5. The first-order chi connectivity index (χ1) is 23.2. The maximum absolute atomic E-state index is 14.4. The molecule has 0 spiro atoms. The summed E-state index contributed by atoms with van der Waals surface area (Å²) in [5, 5.41) is 20.9. The number of benzene rings is 4. The van der Waals surface area contributed by atoms with Crippen molar-refractivity contribution in [2.45, 2.75) is 45.1 Å². The maximum atomic E-state index is 14.4. The zero-order chi connectivity index (χ0) is 33.6. The summed E-state index contributed by atoms with van der Waals surface area (Å²) in [5.41, 5.74) is 1.91. The minimum Gasteiger partial charge on any atom is -0.493 e. The van der Waals surface area contributed by atoms with Crippen molar-refractivity contribution in [2.24, 2.45) is 11.8 Å². The van der Waals surface area contributed by atoms with Gasteiger partial charge in [-0.3, -0.25) is 24.6 Å². The fraction of sp³-hybridized carbons (Fsp3) is 0.263. The molecule has 0 aliphatic carbocycles. The van der Waals surface area contributed by atoms with E-state index in [0.29, 0.717) is 17.1 Å². The summed E-state index contributed by atoms with van der Waals surface area (Å²) in [7, 11) is 1.53. The third-order valence-electron chi connectivity index (χ3n) is 9.59. The van der Waals surface area contributed by atoms with Crippen LogP contribution < -0.4 is 14.8 Å². The summed E-state index contributed by atoms with van der Waals surface area (Å²) in [5.74, 6) is -3.65. The van der Waals surface area contributed by atoms with Crippen molar-refractivity contribution in [3.63, 3.8) is 0 Å². The van der Waals surface area contributed by atoms with Gasteiger partial charge in [-0.05, 0) is 47.9 Å². The molecule has 4 unspecified atom stereocenters. The van der Waals surface area contributed by atoms with Crippen LogP contribution >= 0.6 is 0 Å². The fourth-order valence-electron chi connectivity index (χ4n) is 7.35. The highest BCUT2D eigenvalue weighted by molar-refractivity contribution is 6.09. The lowest BCUT2D eigenvalue weighted by Crippen LogP contribution is -2.57. The Morgan fingerprint density at radius 2 is 1.65 bits per heavy atom. The van der Waals surface area contributed by atoms with Gasteiger partial charge in [-0.2, -0.15) is 5.10 Å². The largest absolute Gasteiger partial charge is 0.493 e. The first-order valence-electron chi connectivity index (χ1n) is 15.9. The van der Waals surface area contributed by atoms with E-state index in [4.69, 9.17) is 9.47 Å². The molecule has 2 amide bonds. The molecule has 3 heterocycles. The van der Waals surface area contributed by atoms with Gasteiger partial charge in [-0.25, -0.2) is 4.68 Å². The number of imide groups is 1. The van der Waals surface area contributed by atoms with E-state index in [1.807, 2.05) is 92.7 Å². The molecular formula is C38H36N4O6. The quantitative estimate of drug-likeness (QED) is 0.199. The van der Waals surface area contributed by atoms with Crippen molar-refractivity contribution < 1.29 is 29.0 Å². The summed E-state index contributed by atoms with van der Waals surface area (Å²) in [6.07, 6.45) is -0.0260. The number of aromatic nitrogens is 2. The standard InChI is InChI=1S/C38H36N4O6/c1-23-18-24(2)42(40-23)22-41-35(43)31-32(36(41)44)38(37(45)46,20-26-16-17-27-12-7-8-13-28(27)19-26)39-33(31)29-14-9-15-30(47-3)34(29)48-21-25-10-5-4-6-11-25/h4-19,31-33,39H,20-22H2,1-3H3,(H,45,46). The van der Waals surface area contributed by atoms with E-state index in [1.54, 1.807) is 22.9 Å². The lowest BCUT2D eigenvalue weighted by Gasteiger charge is -2.32. The number of carbonyl (C=O) groups is 3. The molecular weight excluding hydrogens is 608 g/mol. The Bertz CT molecular complexity index is 2040. The first-order valence-corrected chi connectivity index (χ1v) is 15.9. The summed E-state index contributed by atoms with van der Waals surface area (Å²) < 4.78 is 13.7. The molecule has 4 aromatic carbocycles. The first kappa shape index (κ1) is 31.1. The number of rotatable bonds is 10. The predicted molar refractivity (Wildman–Crippen MR) is 178 cm³/mol. The van der Waals surface area contributed by atoms with Gasteiger partial charge < -0.3 is 14.6 Å². The molecule has 244 valence electrons. The number of nitrogens with one attached hydrogen (secondary N) is 1. The summed E-state index contributed by atoms with van der Waals surface area (Å²) >= 11 is 0. The number of methoxy groups -OCH3 is 1. The Kier molecular flexibility index (Phi) is 7.96. The van der Waals surface area contributed by atoms with Crippen LogP contribution in [0.4, 0.5) is 0 Å². The smallest absolute Gasteiger partial charge is 0.325 e. The SMILES string of the molecule is COc1cccc(C2NC(Cc3ccc4ccccc4c3)(C(=O)O)C3C(=O)N(Cn4nc(C)cc4C)C(=O)C23)c1OCc1ccccc1.